The van der Waals surface area contributed by atoms with Crippen molar-refractivity contribution in [2.75, 3.05) is 26.8 Å². The van der Waals surface area contributed by atoms with E-state index in [4.69, 9.17) is 14.6 Å². The molecule has 5 nitrogen and oxygen atoms in total. The molecule has 1 heterocycles. The van der Waals surface area contributed by atoms with Crippen LogP contribution in [0.4, 0.5) is 0 Å². The number of rotatable bonds is 6. The minimum Gasteiger partial charge on any atom is -0.496 e. The fourth-order valence-corrected chi connectivity index (χ4v) is 2.62. The number of nitrogens with zero attached hydrogens (tertiary/aromatic N) is 1. The molecule has 20 heavy (non-hydrogen) atoms. The van der Waals surface area contributed by atoms with Crippen molar-refractivity contribution in [3.63, 3.8) is 0 Å². The van der Waals surface area contributed by atoms with E-state index in [0.29, 0.717) is 0 Å². The molecule has 5 heteroatoms. The van der Waals surface area contributed by atoms with E-state index < -0.39 is 5.97 Å². The number of benzene rings is 1. The number of aliphatic carboxylic acids is 1. The average Bonchev–Trinajstić information content (AvgIpc) is 2.41. The highest BCUT2D eigenvalue weighted by molar-refractivity contribution is 5.68. The summed E-state index contributed by atoms with van der Waals surface area (Å²) in [6.07, 6.45) is 0. The molecule has 1 N–H and O–H groups in total. The van der Waals surface area contributed by atoms with Gasteiger partial charge in [-0.25, -0.2) is 4.79 Å². The van der Waals surface area contributed by atoms with Crippen molar-refractivity contribution in [1.29, 1.82) is 0 Å². The number of likely N-dealkylation sites (tertiary alicyclic amines) is 1. The van der Waals surface area contributed by atoms with E-state index in [1.165, 1.54) is 0 Å². The van der Waals surface area contributed by atoms with Gasteiger partial charge in [-0.1, -0.05) is 18.2 Å². The van der Waals surface area contributed by atoms with E-state index in [1.807, 2.05) is 25.1 Å². The maximum Gasteiger partial charge on any atom is 0.329 e. The van der Waals surface area contributed by atoms with Crippen molar-refractivity contribution in [3.05, 3.63) is 29.8 Å². The lowest BCUT2D eigenvalue weighted by Gasteiger charge is -2.50. The fourth-order valence-electron chi connectivity index (χ4n) is 2.62. The number of para-hydroxylation sites is 1. The maximum absolute atomic E-state index is 10.6. The topological polar surface area (TPSA) is 59.0 Å². The molecule has 0 saturated carbocycles. The molecule has 1 saturated heterocycles. The van der Waals surface area contributed by atoms with Gasteiger partial charge >= 0.3 is 5.97 Å². The van der Waals surface area contributed by atoms with Crippen molar-refractivity contribution in [2.24, 2.45) is 0 Å². The minimum atomic E-state index is -0.928. The Labute approximate surface area is 119 Å². The normalized spacial score (nSPS) is 19.1. The van der Waals surface area contributed by atoms with Gasteiger partial charge in [0.1, 0.15) is 12.4 Å². The summed E-state index contributed by atoms with van der Waals surface area (Å²) in [6.45, 7) is 5.27. The molecule has 0 spiro atoms. The molecule has 0 aromatic heterocycles. The third-order valence-corrected chi connectivity index (χ3v) is 3.76. The van der Waals surface area contributed by atoms with Gasteiger partial charge in [0.15, 0.2) is 0 Å². The number of carboxylic acids is 1. The molecule has 0 radical (unpaired) electrons. The quantitative estimate of drug-likeness (QED) is 0.862. The summed E-state index contributed by atoms with van der Waals surface area (Å²) >= 11 is 0. The summed E-state index contributed by atoms with van der Waals surface area (Å²) in [4.78, 5) is 12.8. The molecule has 1 aromatic carbocycles. The van der Waals surface area contributed by atoms with Crippen molar-refractivity contribution in [1.82, 2.24) is 4.90 Å². The van der Waals surface area contributed by atoms with Crippen LogP contribution in [0, 0.1) is 0 Å². The molecular formula is C15H21NO4. The second-order valence-corrected chi connectivity index (χ2v) is 5.46. The summed E-state index contributed by atoms with van der Waals surface area (Å²) in [5, 5.41) is 8.66. The molecule has 1 aliphatic rings. The van der Waals surface area contributed by atoms with Gasteiger partial charge < -0.3 is 14.6 Å². The SMILES string of the molecule is COc1ccccc1C(C)N1CC(C)(OCC(=O)O)C1. The predicted molar refractivity (Wildman–Crippen MR) is 75.0 cm³/mol. The zero-order valence-corrected chi connectivity index (χ0v) is 12.1. The van der Waals surface area contributed by atoms with E-state index in [1.54, 1.807) is 7.11 Å². The Hall–Kier alpha value is -1.59. The second-order valence-electron chi connectivity index (χ2n) is 5.46. The summed E-state index contributed by atoms with van der Waals surface area (Å²) in [7, 11) is 1.67. The van der Waals surface area contributed by atoms with Crippen molar-refractivity contribution < 1.29 is 19.4 Å². The number of methoxy groups -OCH3 is 1. The van der Waals surface area contributed by atoms with Gasteiger partial charge in [0.25, 0.3) is 0 Å². The highest BCUT2D eigenvalue weighted by Crippen LogP contribution is 2.36. The third-order valence-electron chi connectivity index (χ3n) is 3.76. The first-order valence-corrected chi connectivity index (χ1v) is 6.68. The van der Waals surface area contributed by atoms with Crippen LogP contribution in [0.3, 0.4) is 0 Å². The first-order valence-electron chi connectivity index (χ1n) is 6.68. The molecule has 110 valence electrons. The van der Waals surface area contributed by atoms with Gasteiger partial charge in [0.2, 0.25) is 0 Å². The predicted octanol–water partition coefficient (Wildman–Crippen LogP) is 1.93. The van der Waals surface area contributed by atoms with Crippen molar-refractivity contribution in [2.45, 2.75) is 25.5 Å². The van der Waals surface area contributed by atoms with E-state index in [9.17, 15) is 4.79 Å². The van der Waals surface area contributed by atoms with E-state index >= 15 is 0 Å². The van der Waals surface area contributed by atoms with Gasteiger partial charge in [-0.05, 0) is 19.9 Å². The molecule has 1 aromatic rings. The first-order chi connectivity index (χ1) is 9.45. The summed E-state index contributed by atoms with van der Waals surface area (Å²) in [5.74, 6) is -0.0532. The van der Waals surface area contributed by atoms with Gasteiger partial charge in [-0.15, -0.1) is 0 Å². The highest BCUT2D eigenvalue weighted by atomic mass is 16.5. The average molecular weight is 279 g/mol. The van der Waals surface area contributed by atoms with Crippen molar-refractivity contribution >= 4 is 5.97 Å². The first kappa shape index (κ1) is 14.8. The largest absolute Gasteiger partial charge is 0.496 e. The Balaban J connectivity index is 1.96. The smallest absolute Gasteiger partial charge is 0.329 e. The zero-order valence-electron chi connectivity index (χ0n) is 12.1. The van der Waals surface area contributed by atoms with Crippen molar-refractivity contribution in [3.8, 4) is 5.75 Å². The minimum absolute atomic E-state index is 0.215. The molecule has 0 bridgehead atoms. The number of hydrogen-bond acceptors (Lipinski definition) is 4. The molecule has 0 aliphatic carbocycles. The van der Waals surface area contributed by atoms with Crippen LogP contribution in [-0.2, 0) is 9.53 Å². The summed E-state index contributed by atoms with van der Waals surface area (Å²) < 4.78 is 10.8. The second kappa shape index (κ2) is 5.81. The van der Waals surface area contributed by atoms with Crippen LogP contribution in [0.15, 0.2) is 24.3 Å². The monoisotopic (exact) mass is 279 g/mol. The number of hydrogen-bond donors (Lipinski definition) is 1. The van der Waals surface area contributed by atoms with Crippen LogP contribution in [0.2, 0.25) is 0 Å². The van der Waals surface area contributed by atoms with E-state index in [2.05, 4.69) is 17.9 Å². The van der Waals surface area contributed by atoms with E-state index in [0.717, 1.165) is 24.4 Å². The molecular weight excluding hydrogens is 258 g/mol. The Morgan fingerprint density at radius 3 is 2.70 bits per heavy atom. The Morgan fingerprint density at radius 2 is 2.10 bits per heavy atom. The summed E-state index contributed by atoms with van der Waals surface area (Å²) in [6, 6.07) is 8.16. The summed E-state index contributed by atoms with van der Waals surface area (Å²) in [5.41, 5.74) is 0.768. The lowest BCUT2D eigenvalue weighted by molar-refractivity contribution is -0.169. The van der Waals surface area contributed by atoms with Crippen LogP contribution in [0.1, 0.15) is 25.5 Å². The molecule has 0 amide bonds. The van der Waals surface area contributed by atoms with Gasteiger partial charge in [0, 0.05) is 24.7 Å². The maximum atomic E-state index is 10.6. The Kier molecular flexibility index (Phi) is 4.30. The van der Waals surface area contributed by atoms with Crippen LogP contribution >= 0.6 is 0 Å². The molecule has 1 fully saturated rings. The molecule has 1 aliphatic heterocycles. The van der Waals surface area contributed by atoms with Crippen LogP contribution < -0.4 is 4.74 Å². The lowest BCUT2D eigenvalue weighted by atomic mass is 9.92. The highest BCUT2D eigenvalue weighted by Gasteiger charge is 2.42. The van der Waals surface area contributed by atoms with E-state index in [-0.39, 0.29) is 18.2 Å². The third kappa shape index (κ3) is 3.11. The molecule has 2 rings (SSSR count). The lowest BCUT2D eigenvalue weighted by Crippen LogP contribution is -2.62. The van der Waals surface area contributed by atoms with Crippen LogP contribution in [-0.4, -0.2) is 48.4 Å². The zero-order chi connectivity index (χ0) is 14.8. The van der Waals surface area contributed by atoms with Gasteiger partial charge in [0.05, 0.1) is 12.7 Å². The Bertz CT molecular complexity index is 483. The number of ether oxygens (including phenoxy) is 2. The van der Waals surface area contributed by atoms with Gasteiger partial charge in [-0.3, -0.25) is 4.90 Å². The number of carboxylic acid groups (broad SMARTS) is 1. The number of carbonyl (C=O) groups is 1. The van der Waals surface area contributed by atoms with Crippen LogP contribution in [0.5, 0.6) is 5.75 Å². The molecule has 1 unspecified atom stereocenters. The molecule has 1 atom stereocenters. The van der Waals surface area contributed by atoms with Gasteiger partial charge in [-0.2, -0.15) is 0 Å². The fraction of sp³-hybridized carbons (Fsp3) is 0.533. The standard InChI is InChI=1S/C15H21NO4/c1-11(12-6-4-5-7-13(12)19-3)16-9-15(2,10-16)20-8-14(17)18/h4-7,11H,8-10H2,1-3H3,(H,17,18). The Morgan fingerprint density at radius 1 is 1.45 bits per heavy atom. The van der Waals surface area contributed by atoms with Crippen LogP contribution in [0.25, 0.3) is 0 Å².